The number of nitrogens with one attached hydrogen (secondary N) is 2. The summed E-state index contributed by atoms with van der Waals surface area (Å²) in [5.74, 6) is 0.625. The Morgan fingerprint density at radius 2 is 2.04 bits per heavy atom. The average molecular weight is 420 g/mol. The first-order chi connectivity index (χ1) is 12.1. The number of hydrogen-bond donors (Lipinski definition) is 3. The van der Waals surface area contributed by atoms with Gasteiger partial charge >= 0.3 is 0 Å². The van der Waals surface area contributed by atoms with Gasteiger partial charge in [-0.2, -0.15) is 0 Å². The Bertz CT molecular complexity index is 928. The molecule has 2 heterocycles. The lowest BCUT2D eigenvalue weighted by atomic mass is 9.95. The smallest absolute Gasteiger partial charge is 0.253 e. The molecule has 5 nitrogen and oxygen atoms in total. The first-order valence-electron chi connectivity index (χ1n) is 8.40. The molecule has 25 heavy (non-hydrogen) atoms. The van der Waals surface area contributed by atoms with Crippen molar-refractivity contribution in [1.82, 2.24) is 15.3 Å². The van der Waals surface area contributed by atoms with Gasteiger partial charge in [0.05, 0.1) is 14.2 Å². The molecular weight excluding hydrogens is 402 g/mol. The van der Waals surface area contributed by atoms with Gasteiger partial charge in [0.25, 0.3) is 5.91 Å². The van der Waals surface area contributed by atoms with Gasteiger partial charge in [-0.1, -0.05) is 19.3 Å². The number of thiophene rings is 1. The Kier molecular flexibility index (Phi) is 4.52. The molecule has 3 aromatic rings. The molecule has 1 aromatic carbocycles. The van der Waals surface area contributed by atoms with Crippen molar-refractivity contribution in [3.63, 3.8) is 0 Å². The number of rotatable bonds is 3. The Morgan fingerprint density at radius 1 is 1.24 bits per heavy atom. The van der Waals surface area contributed by atoms with Gasteiger partial charge < -0.3 is 15.4 Å². The van der Waals surface area contributed by atoms with Gasteiger partial charge in [-0.05, 0) is 53.0 Å². The zero-order valence-corrected chi connectivity index (χ0v) is 15.9. The highest BCUT2D eigenvalue weighted by molar-refractivity contribution is 9.11. The number of phenolic OH excluding ortho intramolecular Hbond substituents is 1. The normalized spacial score (nSPS) is 15.6. The maximum Gasteiger partial charge on any atom is 0.253 e. The summed E-state index contributed by atoms with van der Waals surface area (Å²) in [4.78, 5) is 21.4. The van der Waals surface area contributed by atoms with Crippen molar-refractivity contribution >= 4 is 44.2 Å². The number of halogens is 1. The highest BCUT2D eigenvalue weighted by Crippen LogP contribution is 2.34. The van der Waals surface area contributed by atoms with Crippen LogP contribution in [0, 0.1) is 0 Å². The van der Waals surface area contributed by atoms with Gasteiger partial charge in [0.1, 0.15) is 22.6 Å². The molecule has 130 valence electrons. The number of aromatic nitrogens is 2. The summed E-state index contributed by atoms with van der Waals surface area (Å²) < 4.78 is 1.00. The fourth-order valence-electron chi connectivity index (χ4n) is 3.33. The summed E-state index contributed by atoms with van der Waals surface area (Å²) in [5.41, 5.74) is 1.50. The molecule has 7 heteroatoms. The van der Waals surface area contributed by atoms with Crippen LogP contribution >= 0.6 is 27.3 Å². The third-order valence-electron chi connectivity index (χ3n) is 4.61. The lowest BCUT2D eigenvalue weighted by molar-refractivity contribution is 0.0929. The number of hydrogen-bond acceptors (Lipinski definition) is 4. The number of phenols is 1. The van der Waals surface area contributed by atoms with Crippen LogP contribution in [0.3, 0.4) is 0 Å². The van der Waals surface area contributed by atoms with Crippen LogP contribution < -0.4 is 5.32 Å². The molecule has 4 rings (SSSR count). The van der Waals surface area contributed by atoms with Crippen LogP contribution in [0.5, 0.6) is 5.75 Å². The van der Waals surface area contributed by atoms with E-state index in [2.05, 4.69) is 31.2 Å². The largest absolute Gasteiger partial charge is 0.506 e. The van der Waals surface area contributed by atoms with E-state index in [-0.39, 0.29) is 17.7 Å². The maximum absolute atomic E-state index is 12.7. The summed E-state index contributed by atoms with van der Waals surface area (Å²) >= 11 is 4.99. The van der Waals surface area contributed by atoms with Gasteiger partial charge in [-0.25, -0.2) is 4.98 Å². The van der Waals surface area contributed by atoms with Crippen molar-refractivity contribution in [2.75, 3.05) is 0 Å². The van der Waals surface area contributed by atoms with E-state index in [0.29, 0.717) is 22.4 Å². The van der Waals surface area contributed by atoms with Crippen molar-refractivity contribution < 1.29 is 9.90 Å². The molecule has 1 saturated carbocycles. The van der Waals surface area contributed by atoms with Crippen LogP contribution in [0.15, 0.2) is 28.1 Å². The van der Waals surface area contributed by atoms with E-state index in [4.69, 9.17) is 0 Å². The van der Waals surface area contributed by atoms with E-state index in [1.54, 1.807) is 23.5 Å². The second-order valence-electron chi connectivity index (χ2n) is 6.35. The number of fused-ring (bicyclic) bond motifs is 1. The molecule has 0 atom stereocenters. The maximum atomic E-state index is 12.7. The minimum Gasteiger partial charge on any atom is -0.506 e. The monoisotopic (exact) mass is 419 g/mol. The number of H-pyrrole nitrogens is 1. The second-order valence-corrected chi connectivity index (χ2v) is 8.82. The molecule has 1 amide bonds. The van der Waals surface area contributed by atoms with Crippen molar-refractivity contribution in [2.24, 2.45) is 0 Å². The Balaban J connectivity index is 1.70. The predicted molar refractivity (Wildman–Crippen MR) is 103 cm³/mol. The molecule has 0 radical (unpaired) electrons. The summed E-state index contributed by atoms with van der Waals surface area (Å²) in [7, 11) is 0. The van der Waals surface area contributed by atoms with Gasteiger partial charge in [0.15, 0.2) is 0 Å². The minimum absolute atomic E-state index is 0.0959. The lowest BCUT2D eigenvalue weighted by Gasteiger charge is -2.22. The average Bonchev–Trinajstić information content (AvgIpc) is 3.23. The number of amides is 1. The zero-order valence-electron chi connectivity index (χ0n) is 13.5. The third kappa shape index (κ3) is 3.30. The van der Waals surface area contributed by atoms with E-state index >= 15 is 0 Å². The Labute approximate surface area is 157 Å². The van der Waals surface area contributed by atoms with Crippen LogP contribution in [-0.2, 0) is 0 Å². The number of aromatic amines is 1. The van der Waals surface area contributed by atoms with Crippen molar-refractivity contribution in [2.45, 2.75) is 38.1 Å². The van der Waals surface area contributed by atoms with E-state index < -0.39 is 0 Å². The molecule has 0 aliphatic heterocycles. The van der Waals surface area contributed by atoms with Crippen LogP contribution in [0.1, 0.15) is 42.5 Å². The number of benzene rings is 1. The summed E-state index contributed by atoms with van der Waals surface area (Å²) in [6.45, 7) is 0. The molecule has 3 N–H and O–H groups in total. The summed E-state index contributed by atoms with van der Waals surface area (Å²) in [6, 6.07) is 7.32. The first-order valence-corrected chi connectivity index (χ1v) is 10.0. The van der Waals surface area contributed by atoms with Gasteiger partial charge in [0.2, 0.25) is 0 Å². The molecule has 0 bridgehead atoms. The van der Waals surface area contributed by atoms with Gasteiger partial charge in [-0.15, -0.1) is 11.3 Å². The van der Waals surface area contributed by atoms with Crippen LogP contribution in [0.4, 0.5) is 0 Å². The zero-order chi connectivity index (χ0) is 17.4. The quantitative estimate of drug-likeness (QED) is 0.569. The van der Waals surface area contributed by atoms with Crippen LogP contribution in [0.2, 0.25) is 0 Å². The summed E-state index contributed by atoms with van der Waals surface area (Å²) in [5, 5.41) is 13.3. The number of aromatic hydroxyl groups is 1. The third-order valence-corrected chi connectivity index (χ3v) is 6.24. The van der Waals surface area contributed by atoms with Crippen molar-refractivity contribution in [3.05, 3.63) is 33.6 Å². The highest BCUT2D eigenvalue weighted by atomic mass is 79.9. The molecule has 1 fully saturated rings. The Morgan fingerprint density at radius 3 is 2.76 bits per heavy atom. The molecule has 1 aliphatic carbocycles. The van der Waals surface area contributed by atoms with E-state index in [9.17, 15) is 9.90 Å². The van der Waals surface area contributed by atoms with Crippen molar-refractivity contribution in [3.8, 4) is 16.5 Å². The predicted octanol–water partition coefficient (Wildman–Crippen LogP) is 4.82. The highest BCUT2D eigenvalue weighted by Gasteiger charge is 2.21. The van der Waals surface area contributed by atoms with Crippen LogP contribution in [-0.4, -0.2) is 27.0 Å². The molecule has 1 aliphatic rings. The molecule has 0 saturated heterocycles. The minimum atomic E-state index is -0.123. The topological polar surface area (TPSA) is 78.0 Å². The molecule has 2 aromatic heterocycles. The standard InChI is InChI=1S/C18H18BrN3O2S/c19-14-9-8-13(25-14)17-21-15-11(6-7-12(23)16(15)22-17)18(24)20-10-4-2-1-3-5-10/h6-10,23H,1-5H2,(H,20,24)(H,21,22). The van der Waals surface area contributed by atoms with Gasteiger partial charge in [0, 0.05) is 6.04 Å². The fraction of sp³-hybridized carbons (Fsp3) is 0.333. The number of carbonyl (C=O) groups is 1. The molecular formula is C18H18BrN3O2S. The lowest BCUT2D eigenvalue weighted by Crippen LogP contribution is -2.36. The van der Waals surface area contributed by atoms with Gasteiger partial charge in [-0.3, -0.25) is 4.79 Å². The van der Waals surface area contributed by atoms with Crippen LogP contribution in [0.25, 0.3) is 21.7 Å². The van der Waals surface area contributed by atoms with E-state index in [1.807, 2.05) is 12.1 Å². The summed E-state index contributed by atoms with van der Waals surface area (Å²) in [6.07, 6.45) is 5.63. The number of nitrogens with zero attached hydrogens (tertiary/aromatic N) is 1. The van der Waals surface area contributed by atoms with E-state index in [0.717, 1.165) is 34.3 Å². The van der Waals surface area contributed by atoms with E-state index in [1.165, 1.54) is 6.42 Å². The Hall–Kier alpha value is -1.86. The number of imidazole rings is 1. The molecule has 0 unspecified atom stereocenters. The SMILES string of the molecule is O=C(NC1CCCCC1)c1ccc(O)c2[nH]c(-c3ccc(Br)s3)nc12. The second kappa shape index (κ2) is 6.80. The first kappa shape index (κ1) is 16.6. The van der Waals surface area contributed by atoms with Crippen molar-refractivity contribution in [1.29, 1.82) is 0 Å². The fourth-order valence-corrected chi connectivity index (χ4v) is 4.66. The number of carbonyl (C=O) groups excluding carboxylic acids is 1. The molecule has 0 spiro atoms.